The number of carbonyl (C=O) groups is 3. The minimum atomic E-state index is -0.696. The Labute approximate surface area is 179 Å². The Kier molecular flexibility index (Phi) is 4.85. The summed E-state index contributed by atoms with van der Waals surface area (Å²) in [6.45, 7) is 0. The van der Waals surface area contributed by atoms with E-state index in [0.29, 0.717) is 0 Å². The number of non-ortho nitro benzene ring substituents is 1. The number of nitrogens with zero attached hydrogens (tertiary/aromatic N) is 1. The molecule has 3 aromatic carbocycles. The molecule has 7 nitrogen and oxygen atoms in total. The lowest BCUT2D eigenvalue weighted by Crippen LogP contribution is -2.24. The van der Waals surface area contributed by atoms with E-state index in [4.69, 9.17) is 23.2 Å². The first-order valence-electron chi connectivity index (χ1n) is 8.56. The lowest BCUT2D eigenvalue weighted by Gasteiger charge is -2.21. The van der Waals surface area contributed by atoms with Crippen molar-refractivity contribution in [2.24, 2.45) is 0 Å². The van der Waals surface area contributed by atoms with Gasteiger partial charge in [0.05, 0.1) is 37.3 Å². The molecule has 30 heavy (non-hydrogen) atoms. The number of hydrogen-bond donors (Lipinski definition) is 1. The van der Waals surface area contributed by atoms with Crippen molar-refractivity contribution in [3.8, 4) is 0 Å². The number of nitrogens with one attached hydrogen (secondary N) is 1. The number of fused-ring (bicyclic) bond motifs is 2. The van der Waals surface area contributed by atoms with Gasteiger partial charge in [0.15, 0.2) is 11.6 Å². The Morgan fingerprint density at radius 2 is 1.50 bits per heavy atom. The molecule has 148 valence electrons. The predicted octanol–water partition coefficient (Wildman–Crippen LogP) is 4.93. The van der Waals surface area contributed by atoms with Gasteiger partial charge in [-0.25, -0.2) is 0 Å². The first-order valence-corrected chi connectivity index (χ1v) is 9.31. The smallest absolute Gasteiger partial charge is 0.270 e. The first kappa shape index (κ1) is 19.8. The van der Waals surface area contributed by atoms with Crippen LogP contribution in [0.3, 0.4) is 0 Å². The third kappa shape index (κ3) is 3.14. The normalized spacial score (nSPS) is 12.2. The molecule has 1 N–H and O–H groups in total. The fraction of sp³-hybridized carbons (Fsp3) is 0. The van der Waals surface area contributed by atoms with Crippen molar-refractivity contribution >= 4 is 52.1 Å². The van der Waals surface area contributed by atoms with Gasteiger partial charge in [0, 0.05) is 23.3 Å². The minimum absolute atomic E-state index is 0.00737. The van der Waals surface area contributed by atoms with Crippen molar-refractivity contribution < 1.29 is 19.3 Å². The van der Waals surface area contributed by atoms with Gasteiger partial charge < -0.3 is 5.32 Å². The SMILES string of the molecule is O=C(Nc1ccc(Cl)c2c1C(=O)c1ccccc1C2=O)c1ccc([N+](=O)[O-])cc1Cl. The maximum atomic E-state index is 13.1. The molecule has 0 saturated heterocycles. The number of amides is 1. The molecule has 4 rings (SSSR count). The highest BCUT2D eigenvalue weighted by Crippen LogP contribution is 2.36. The number of ketones is 2. The molecule has 0 unspecified atom stereocenters. The molecule has 0 radical (unpaired) electrons. The van der Waals surface area contributed by atoms with E-state index in [2.05, 4.69) is 5.32 Å². The second-order valence-corrected chi connectivity index (χ2v) is 7.24. The number of nitro groups is 1. The standard InChI is InChI=1S/C21H10Cl2N2O5/c22-14-7-8-16(24-21(28)13-6-5-10(25(29)30)9-15(13)23)18-17(14)19(26)11-3-1-2-4-12(11)20(18)27/h1-9H,(H,24,28). The summed E-state index contributed by atoms with van der Waals surface area (Å²) in [7, 11) is 0. The van der Waals surface area contributed by atoms with Crippen LogP contribution in [-0.2, 0) is 0 Å². The van der Waals surface area contributed by atoms with E-state index in [9.17, 15) is 24.5 Å². The summed E-state index contributed by atoms with van der Waals surface area (Å²) in [5, 5.41) is 13.4. The van der Waals surface area contributed by atoms with E-state index >= 15 is 0 Å². The molecule has 0 bridgehead atoms. The highest BCUT2D eigenvalue weighted by Gasteiger charge is 2.34. The molecule has 9 heteroatoms. The molecular formula is C21H10Cl2N2O5. The molecule has 0 aromatic heterocycles. The van der Waals surface area contributed by atoms with Crippen molar-refractivity contribution in [1.82, 2.24) is 0 Å². The summed E-state index contributed by atoms with van der Waals surface area (Å²) in [5.74, 6) is -1.57. The summed E-state index contributed by atoms with van der Waals surface area (Å²) in [6, 6.07) is 12.6. The zero-order valence-corrected chi connectivity index (χ0v) is 16.5. The van der Waals surface area contributed by atoms with Gasteiger partial charge in [0.2, 0.25) is 0 Å². The van der Waals surface area contributed by atoms with E-state index in [1.54, 1.807) is 12.1 Å². The highest BCUT2D eigenvalue weighted by atomic mass is 35.5. The average molecular weight is 441 g/mol. The number of halogens is 2. The Morgan fingerprint density at radius 3 is 2.10 bits per heavy atom. The monoisotopic (exact) mass is 440 g/mol. The first-order chi connectivity index (χ1) is 14.3. The maximum absolute atomic E-state index is 13.1. The highest BCUT2D eigenvalue weighted by molar-refractivity contribution is 6.40. The molecule has 0 fully saturated rings. The van der Waals surface area contributed by atoms with E-state index in [1.807, 2.05) is 0 Å². The molecule has 1 aliphatic carbocycles. The van der Waals surface area contributed by atoms with Crippen LogP contribution in [-0.4, -0.2) is 22.4 Å². The molecule has 3 aromatic rings. The van der Waals surface area contributed by atoms with Crippen molar-refractivity contribution in [2.75, 3.05) is 5.32 Å². The van der Waals surface area contributed by atoms with Crippen molar-refractivity contribution in [1.29, 1.82) is 0 Å². The van der Waals surface area contributed by atoms with Gasteiger partial charge in [0.1, 0.15) is 0 Å². The lowest BCUT2D eigenvalue weighted by molar-refractivity contribution is -0.384. The number of benzene rings is 3. The van der Waals surface area contributed by atoms with E-state index < -0.39 is 22.4 Å². The van der Waals surface area contributed by atoms with Crippen LogP contribution in [0.2, 0.25) is 10.0 Å². The largest absolute Gasteiger partial charge is 0.321 e. The van der Waals surface area contributed by atoms with Crippen molar-refractivity contribution in [3.63, 3.8) is 0 Å². The summed E-state index contributed by atoms with van der Waals surface area (Å²) in [5.41, 5.74) is 0.228. The number of hydrogen-bond acceptors (Lipinski definition) is 5. The van der Waals surface area contributed by atoms with Crippen LogP contribution in [0.1, 0.15) is 42.2 Å². The fourth-order valence-corrected chi connectivity index (χ4v) is 3.78. The van der Waals surface area contributed by atoms with Gasteiger partial charge in [-0.15, -0.1) is 0 Å². The van der Waals surface area contributed by atoms with Crippen LogP contribution in [0.25, 0.3) is 0 Å². The molecule has 1 amide bonds. The maximum Gasteiger partial charge on any atom is 0.270 e. The molecular weight excluding hydrogens is 431 g/mol. The summed E-state index contributed by atoms with van der Waals surface area (Å²) >= 11 is 12.2. The van der Waals surface area contributed by atoms with Crippen molar-refractivity contribution in [2.45, 2.75) is 0 Å². The Bertz CT molecular complexity index is 1290. The Morgan fingerprint density at radius 1 is 0.867 bits per heavy atom. The predicted molar refractivity (Wildman–Crippen MR) is 111 cm³/mol. The molecule has 0 heterocycles. The Balaban J connectivity index is 1.77. The Hall–Kier alpha value is -3.55. The van der Waals surface area contributed by atoms with Gasteiger partial charge in [-0.3, -0.25) is 24.5 Å². The second kappa shape index (κ2) is 7.37. The topological polar surface area (TPSA) is 106 Å². The van der Waals surface area contributed by atoms with Crippen LogP contribution in [0.5, 0.6) is 0 Å². The molecule has 0 saturated carbocycles. The molecule has 0 spiro atoms. The van der Waals surface area contributed by atoms with Crippen LogP contribution >= 0.6 is 23.2 Å². The number of rotatable bonds is 3. The van der Waals surface area contributed by atoms with Crippen LogP contribution < -0.4 is 5.32 Å². The summed E-state index contributed by atoms with van der Waals surface area (Å²) in [4.78, 5) is 48.9. The zero-order valence-electron chi connectivity index (χ0n) is 14.9. The molecule has 1 aliphatic rings. The molecule has 0 aliphatic heterocycles. The number of nitro benzene ring substituents is 1. The van der Waals surface area contributed by atoms with E-state index in [-0.39, 0.29) is 49.2 Å². The lowest BCUT2D eigenvalue weighted by atomic mass is 9.83. The van der Waals surface area contributed by atoms with Crippen LogP contribution in [0.4, 0.5) is 11.4 Å². The minimum Gasteiger partial charge on any atom is -0.321 e. The fourth-order valence-electron chi connectivity index (χ4n) is 3.28. The van der Waals surface area contributed by atoms with Crippen molar-refractivity contribution in [3.05, 3.63) is 103 Å². The van der Waals surface area contributed by atoms with Gasteiger partial charge in [-0.1, -0.05) is 47.5 Å². The second-order valence-electron chi connectivity index (χ2n) is 6.42. The summed E-state index contributed by atoms with van der Waals surface area (Å²) < 4.78 is 0. The van der Waals surface area contributed by atoms with E-state index in [1.165, 1.54) is 30.3 Å². The van der Waals surface area contributed by atoms with Crippen LogP contribution in [0, 0.1) is 10.1 Å². The van der Waals surface area contributed by atoms with Gasteiger partial charge in [0.25, 0.3) is 11.6 Å². The average Bonchev–Trinajstić information content (AvgIpc) is 2.72. The third-order valence-corrected chi connectivity index (χ3v) is 5.31. The number of anilines is 1. The third-order valence-electron chi connectivity index (χ3n) is 4.68. The summed E-state index contributed by atoms with van der Waals surface area (Å²) in [6.07, 6.45) is 0. The zero-order chi connectivity index (χ0) is 21.6. The number of carbonyl (C=O) groups excluding carboxylic acids is 3. The van der Waals surface area contributed by atoms with Gasteiger partial charge in [-0.2, -0.15) is 0 Å². The van der Waals surface area contributed by atoms with Crippen LogP contribution in [0.15, 0.2) is 54.6 Å². The van der Waals surface area contributed by atoms with Gasteiger partial charge >= 0.3 is 0 Å². The van der Waals surface area contributed by atoms with E-state index in [0.717, 1.165) is 12.1 Å². The quantitative estimate of drug-likeness (QED) is 0.359. The molecule has 0 atom stereocenters. The van der Waals surface area contributed by atoms with Gasteiger partial charge in [-0.05, 0) is 18.2 Å².